The summed E-state index contributed by atoms with van der Waals surface area (Å²) in [5.74, 6) is 0.837. The van der Waals surface area contributed by atoms with Crippen LogP contribution in [0.5, 0.6) is 0 Å². The molecule has 8 nitrogen and oxygen atoms in total. The summed E-state index contributed by atoms with van der Waals surface area (Å²) in [6.07, 6.45) is 5.31. The smallest absolute Gasteiger partial charge is 0.251 e. The molecule has 1 aliphatic rings. The van der Waals surface area contributed by atoms with Crippen LogP contribution in [0.15, 0.2) is 48.3 Å². The van der Waals surface area contributed by atoms with E-state index in [1.54, 1.807) is 26.1 Å². The van der Waals surface area contributed by atoms with E-state index in [1.807, 2.05) is 42.3 Å². The number of H-pyrrole nitrogens is 1. The second kappa shape index (κ2) is 9.05. The largest absolute Gasteiger partial charge is 0.352 e. The molecule has 0 spiro atoms. The fourth-order valence-electron chi connectivity index (χ4n) is 4.52. The molecule has 0 radical (unpaired) electrons. The van der Waals surface area contributed by atoms with Gasteiger partial charge in [-0.05, 0) is 45.9 Å². The van der Waals surface area contributed by atoms with E-state index < -0.39 is 0 Å². The number of aromatic amines is 1. The van der Waals surface area contributed by atoms with Gasteiger partial charge in [0, 0.05) is 54.8 Å². The number of nitrogens with one attached hydrogen (secondary N) is 2. The highest BCUT2D eigenvalue weighted by Crippen LogP contribution is 2.30. The zero-order chi connectivity index (χ0) is 23.7. The summed E-state index contributed by atoms with van der Waals surface area (Å²) >= 11 is 0. The molecular formula is C25H30N6O2. The third-order valence-electron chi connectivity index (χ3n) is 6.20. The van der Waals surface area contributed by atoms with Crippen molar-refractivity contribution in [2.24, 2.45) is 0 Å². The fourth-order valence-corrected chi connectivity index (χ4v) is 4.52. The minimum Gasteiger partial charge on any atom is -0.352 e. The van der Waals surface area contributed by atoms with Gasteiger partial charge in [-0.1, -0.05) is 12.1 Å². The Balaban J connectivity index is 1.63. The van der Waals surface area contributed by atoms with E-state index >= 15 is 0 Å². The van der Waals surface area contributed by atoms with Crippen LogP contribution < -0.4 is 10.2 Å². The van der Waals surface area contributed by atoms with Crippen molar-refractivity contribution in [3.05, 3.63) is 48.3 Å². The Morgan fingerprint density at radius 2 is 1.91 bits per heavy atom. The van der Waals surface area contributed by atoms with Crippen LogP contribution >= 0.6 is 0 Å². The quantitative estimate of drug-likeness (QED) is 0.592. The predicted molar refractivity (Wildman–Crippen MR) is 131 cm³/mol. The molecule has 8 heteroatoms. The summed E-state index contributed by atoms with van der Waals surface area (Å²) in [4.78, 5) is 41.0. The first kappa shape index (κ1) is 22.5. The van der Waals surface area contributed by atoms with Crippen LogP contribution in [0.1, 0.15) is 34.6 Å². The number of carbonyl (C=O) groups is 2. The lowest BCUT2D eigenvalue weighted by molar-refractivity contribution is -0.133. The van der Waals surface area contributed by atoms with Gasteiger partial charge in [-0.3, -0.25) is 9.59 Å². The lowest BCUT2D eigenvalue weighted by Gasteiger charge is -2.44. The number of hydrogen-bond donors (Lipinski definition) is 2. The number of anilines is 2. The highest BCUT2D eigenvalue weighted by molar-refractivity contribution is 6.04. The molecule has 2 amide bonds. The Morgan fingerprint density at radius 1 is 1.18 bits per heavy atom. The minimum absolute atomic E-state index is 0.107. The monoisotopic (exact) mass is 446 g/mol. The van der Waals surface area contributed by atoms with E-state index in [4.69, 9.17) is 4.98 Å². The zero-order valence-corrected chi connectivity index (χ0v) is 19.7. The van der Waals surface area contributed by atoms with Crippen LogP contribution in [-0.4, -0.2) is 56.8 Å². The number of allylic oxidation sites excluding steroid dienone is 1. The van der Waals surface area contributed by atoms with Crippen molar-refractivity contribution in [3.8, 4) is 11.3 Å². The van der Waals surface area contributed by atoms with Crippen molar-refractivity contribution in [1.29, 1.82) is 0 Å². The first-order valence-electron chi connectivity index (χ1n) is 11.2. The molecule has 1 saturated heterocycles. The maximum atomic E-state index is 12.3. The molecule has 0 aliphatic carbocycles. The Kier molecular flexibility index (Phi) is 6.18. The van der Waals surface area contributed by atoms with Crippen molar-refractivity contribution in [1.82, 2.24) is 19.9 Å². The van der Waals surface area contributed by atoms with E-state index in [9.17, 15) is 9.59 Å². The summed E-state index contributed by atoms with van der Waals surface area (Å²) in [7, 11) is 0. The number of amides is 2. The molecule has 3 aromatic heterocycles. The second-order valence-electron chi connectivity index (χ2n) is 8.66. The van der Waals surface area contributed by atoms with Crippen LogP contribution in [0.25, 0.3) is 22.3 Å². The number of fused-ring (bicyclic) bond motifs is 1. The SMILES string of the molecule is C/C=C(\C)C(=O)Nc1cnc2[nH]cc(-c3cccc(N4C[C@@H](C)N(C(C)=O)[C@@H](C)C4)n3)c2c1. The molecule has 4 heterocycles. The zero-order valence-electron chi connectivity index (χ0n) is 19.7. The average molecular weight is 447 g/mol. The number of pyridine rings is 2. The van der Waals surface area contributed by atoms with Crippen molar-refractivity contribution < 1.29 is 9.59 Å². The van der Waals surface area contributed by atoms with Gasteiger partial charge in [-0.25, -0.2) is 9.97 Å². The standard InChI is InChI=1S/C25H30N6O2/c1-6-15(2)25(33)28-19-10-20-21(12-27-24(20)26-11-19)22-8-7-9-23(29-22)30-13-16(3)31(18(5)32)17(4)14-30/h6-12,16-17H,13-14H2,1-5H3,(H,26,27)(H,28,33)/b15-6+/t16-,17+. The number of nitrogens with zero attached hydrogens (tertiary/aromatic N) is 4. The molecule has 33 heavy (non-hydrogen) atoms. The maximum Gasteiger partial charge on any atom is 0.251 e. The van der Waals surface area contributed by atoms with Crippen LogP contribution in [0.4, 0.5) is 11.5 Å². The van der Waals surface area contributed by atoms with E-state index in [-0.39, 0.29) is 23.9 Å². The first-order chi connectivity index (χ1) is 15.8. The van der Waals surface area contributed by atoms with Gasteiger partial charge in [0.2, 0.25) is 5.91 Å². The van der Waals surface area contributed by atoms with Gasteiger partial charge < -0.3 is 20.1 Å². The highest BCUT2D eigenvalue weighted by Gasteiger charge is 2.31. The molecule has 172 valence electrons. The number of hydrogen-bond acceptors (Lipinski definition) is 5. The molecule has 1 fully saturated rings. The lowest BCUT2D eigenvalue weighted by Crippen LogP contribution is -2.58. The molecular weight excluding hydrogens is 416 g/mol. The van der Waals surface area contributed by atoms with Gasteiger partial charge in [0.05, 0.1) is 17.6 Å². The van der Waals surface area contributed by atoms with Crippen LogP contribution in [0.2, 0.25) is 0 Å². The van der Waals surface area contributed by atoms with Crippen LogP contribution in [0, 0.1) is 0 Å². The number of piperazine rings is 1. The van der Waals surface area contributed by atoms with Crippen molar-refractivity contribution in [2.45, 2.75) is 46.7 Å². The van der Waals surface area contributed by atoms with Gasteiger partial charge >= 0.3 is 0 Å². The topological polar surface area (TPSA) is 94.2 Å². The molecule has 1 aliphatic heterocycles. The van der Waals surface area contributed by atoms with E-state index in [0.717, 1.165) is 41.2 Å². The Labute approximate surface area is 193 Å². The van der Waals surface area contributed by atoms with Gasteiger partial charge in [-0.15, -0.1) is 0 Å². The fraction of sp³-hybridized carbons (Fsp3) is 0.360. The number of aromatic nitrogens is 3. The third kappa shape index (κ3) is 4.46. The average Bonchev–Trinajstić information content (AvgIpc) is 3.21. The van der Waals surface area contributed by atoms with Crippen molar-refractivity contribution in [3.63, 3.8) is 0 Å². The molecule has 0 bridgehead atoms. The molecule has 0 saturated carbocycles. The Hall–Kier alpha value is -3.68. The minimum atomic E-state index is -0.149. The summed E-state index contributed by atoms with van der Waals surface area (Å²) < 4.78 is 0. The van der Waals surface area contributed by atoms with Crippen LogP contribution in [0.3, 0.4) is 0 Å². The van der Waals surface area contributed by atoms with Gasteiger partial charge in [-0.2, -0.15) is 0 Å². The molecule has 0 aromatic carbocycles. The highest BCUT2D eigenvalue weighted by atomic mass is 16.2. The summed E-state index contributed by atoms with van der Waals surface area (Å²) in [6.45, 7) is 10.8. The Morgan fingerprint density at radius 3 is 2.58 bits per heavy atom. The van der Waals surface area contributed by atoms with Gasteiger partial charge in [0.15, 0.2) is 0 Å². The first-order valence-corrected chi connectivity index (χ1v) is 11.2. The summed E-state index contributed by atoms with van der Waals surface area (Å²) in [6, 6.07) is 8.11. The van der Waals surface area contributed by atoms with Crippen molar-refractivity contribution in [2.75, 3.05) is 23.3 Å². The second-order valence-corrected chi connectivity index (χ2v) is 8.66. The molecule has 2 atom stereocenters. The maximum absolute atomic E-state index is 12.3. The van der Waals surface area contributed by atoms with E-state index in [0.29, 0.717) is 11.3 Å². The summed E-state index contributed by atoms with van der Waals surface area (Å²) in [5.41, 5.74) is 3.75. The molecule has 4 rings (SSSR count). The lowest BCUT2D eigenvalue weighted by atomic mass is 10.1. The van der Waals surface area contributed by atoms with Crippen LogP contribution in [-0.2, 0) is 9.59 Å². The van der Waals surface area contributed by atoms with Gasteiger partial charge in [0.25, 0.3) is 5.91 Å². The Bertz CT molecular complexity index is 1220. The molecule has 0 unspecified atom stereocenters. The third-order valence-corrected chi connectivity index (χ3v) is 6.20. The number of carbonyl (C=O) groups excluding carboxylic acids is 2. The molecule has 3 aromatic rings. The van der Waals surface area contributed by atoms with E-state index in [2.05, 4.69) is 34.0 Å². The van der Waals surface area contributed by atoms with Gasteiger partial charge in [0.1, 0.15) is 11.5 Å². The van der Waals surface area contributed by atoms with Crippen molar-refractivity contribution >= 4 is 34.4 Å². The summed E-state index contributed by atoms with van der Waals surface area (Å²) in [5, 5.41) is 3.78. The number of rotatable bonds is 4. The normalized spacial score (nSPS) is 19.1. The van der Waals surface area contributed by atoms with E-state index in [1.165, 1.54) is 0 Å². The predicted octanol–water partition coefficient (Wildman–Crippen LogP) is 3.98. The molecule has 2 N–H and O–H groups in total.